The zero-order valence-corrected chi connectivity index (χ0v) is 12.8. The van der Waals surface area contributed by atoms with Gasteiger partial charge < -0.3 is 15.2 Å². The van der Waals surface area contributed by atoms with E-state index in [1.165, 1.54) is 6.07 Å². The lowest BCUT2D eigenvalue weighted by molar-refractivity contribution is 0.0795. The molecule has 2 atom stereocenters. The summed E-state index contributed by atoms with van der Waals surface area (Å²) in [5, 5.41) is 13.1. The summed E-state index contributed by atoms with van der Waals surface area (Å²) >= 11 is 1.57. The molecule has 0 aliphatic carbocycles. The fourth-order valence-corrected chi connectivity index (χ4v) is 2.33. The van der Waals surface area contributed by atoms with E-state index in [9.17, 15) is 13.9 Å². The van der Waals surface area contributed by atoms with Gasteiger partial charge in [-0.3, -0.25) is 0 Å². The standard InChI is InChI=1S/C14H21F2NO2S/c1-10(17-8-14(2,18)9-20-3)7-19-11-4-5-12(15)13(16)6-11/h4-6,10,17-18H,7-9H2,1-3H3. The minimum atomic E-state index is -0.925. The molecular formula is C14H21F2NO2S. The van der Waals surface area contributed by atoms with Crippen LogP contribution < -0.4 is 10.1 Å². The van der Waals surface area contributed by atoms with Crippen molar-refractivity contribution in [3.05, 3.63) is 29.8 Å². The van der Waals surface area contributed by atoms with E-state index < -0.39 is 17.2 Å². The molecule has 3 nitrogen and oxygen atoms in total. The van der Waals surface area contributed by atoms with Gasteiger partial charge in [0.2, 0.25) is 0 Å². The molecule has 0 bridgehead atoms. The van der Waals surface area contributed by atoms with Gasteiger partial charge in [0, 0.05) is 24.4 Å². The quantitative estimate of drug-likeness (QED) is 0.774. The van der Waals surface area contributed by atoms with Gasteiger partial charge in [0.15, 0.2) is 11.6 Å². The monoisotopic (exact) mass is 305 g/mol. The Kier molecular flexibility index (Phi) is 6.71. The Bertz CT molecular complexity index is 430. The van der Waals surface area contributed by atoms with Crippen LogP contribution in [0.5, 0.6) is 5.75 Å². The molecule has 0 amide bonds. The normalized spacial score (nSPS) is 15.7. The van der Waals surface area contributed by atoms with Crippen molar-refractivity contribution in [2.75, 3.05) is 25.2 Å². The Balaban J connectivity index is 2.36. The van der Waals surface area contributed by atoms with Gasteiger partial charge in [-0.15, -0.1) is 0 Å². The van der Waals surface area contributed by atoms with Crippen molar-refractivity contribution in [1.29, 1.82) is 0 Å². The molecule has 2 unspecified atom stereocenters. The highest BCUT2D eigenvalue weighted by Gasteiger charge is 2.20. The lowest BCUT2D eigenvalue weighted by Gasteiger charge is -2.25. The summed E-state index contributed by atoms with van der Waals surface area (Å²) in [6.07, 6.45) is 1.93. The van der Waals surface area contributed by atoms with E-state index in [1.807, 2.05) is 13.2 Å². The molecule has 6 heteroatoms. The largest absolute Gasteiger partial charge is 0.492 e. The molecule has 0 aromatic heterocycles. The van der Waals surface area contributed by atoms with Gasteiger partial charge in [0.25, 0.3) is 0 Å². The summed E-state index contributed by atoms with van der Waals surface area (Å²) in [4.78, 5) is 0. The predicted molar refractivity (Wildman–Crippen MR) is 78.3 cm³/mol. The predicted octanol–water partition coefficient (Wildman–Crippen LogP) is 2.44. The second-order valence-corrected chi connectivity index (χ2v) is 5.96. The van der Waals surface area contributed by atoms with Gasteiger partial charge in [-0.25, -0.2) is 8.78 Å². The van der Waals surface area contributed by atoms with Gasteiger partial charge >= 0.3 is 0 Å². The Hall–Kier alpha value is -0.850. The van der Waals surface area contributed by atoms with Crippen molar-refractivity contribution in [1.82, 2.24) is 5.32 Å². The van der Waals surface area contributed by atoms with Crippen LogP contribution in [-0.2, 0) is 0 Å². The molecule has 0 aliphatic heterocycles. The van der Waals surface area contributed by atoms with Crippen molar-refractivity contribution < 1.29 is 18.6 Å². The van der Waals surface area contributed by atoms with E-state index in [4.69, 9.17) is 4.74 Å². The minimum Gasteiger partial charge on any atom is -0.492 e. The molecule has 0 saturated carbocycles. The molecule has 1 aromatic rings. The number of hydrogen-bond donors (Lipinski definition) is 2. The van der Waals surface area contributed by atoms with Crippen LogP contribution >= 0.6 is 11.8 Å². The van der Waals surface area contributed by atoms with E-state index in [1.54, 1.807) is 18.7 Å². The molecule has 0 aliphatic rings. The Labute approximate surface area is 122 Å². The minimum absolute atomic E-state index is 0.0172. The van der Waals surface area contributed by atoms with Crippen molar-refractivity contribution >= 4 is 11.8 Å². The highest BCUT2D eigenvalue weighted by atomic mass is 32.2. The van der Waals surface area contributed by atoms with E-state index >= 15 is 0 Å². The van der Waals surface area contributed by atoms with Crippen molar-refractivity contribution in [3.8, 4) is 5.75 Å². The Morgan fingerprint density at radius 3 is 2.70 bits per heavy atom. The lowest BCUT2D eigenvalue weighted by atomic mass is 10.1. The second kappa shape index (κ2) is 7.81. The van der Waals surface area contributed by atoms with Gasteiger partial charge in [-0.05, 0) is 32.2 Å². The number of halogens is 2. The lowest BCUT2D eigenvalue weighted by Crippen LogP contribution is -2.45. The first-order valence-corrected chi connectivity index (χ1v) is 7.76. The van der Waals surface area contributed by atoms with Crippen LogP contribution in [-0.4, -0.2) is 41.9 Å². The van der Waals surface area contributed by atoms with Crippen LogP contribution in [0.3, 0.4) is 0 Å². The Morgan fingerprint density at radius 1 is 1.40 bits per heavy atom. The zero-order chi connectivity index (χ0) is 15.2. The fourth-order valence-electron chi connectivity index (χ4n) is 1.60. The summed E-state index contributed by atoms with van der Waals surface area (Å²) < 4.78 is 31.1. The highest BCUT2D eigenvalue weighted by molar-refractivity contribution is 7.98. The van der Waals surface area contributed by atoms with E-state index in [2.05, 4.69) is 5.32 Å². The number of nitrogens with one attached hydrogen (secondary N) is 1. The van der Waals surface area contributed by atoms with Gasteiger partial charge in [-0.1, -0.05) is 0 Å². The summed E-state index contributed by atoms with van der Waals surface area (Å²) in [7, 11) is 0. The number of thioether (sulfide) groups is 1. The molecule has 0 heterocycles. The smallest absolute Gasteiger partial charge is 0.162 e. The average Bonchev–Trinajstić information content (AvgIpc) is 2.38. The number of rotatable bonds is 8. The van der Waals surface area contributed by atoms with Gasteiger partial charge in [0.1, 0.15) is 12.4 Å². The zero-order valence-electron chi connectivity index (χ0n) is 12.0. The summed E-state index contributed by atoms with van der Waals surface area (Å²) in [5.74, 6) is -0.896. The van der Waals surface area contributed by atoms with Gasteiger partial charge in [0.05, 0.1) is 5.60 Å². The maximum Gasteiger partial charge on any atom is 0.162 e. The maximum absolute atomic E-state index is 13.0. The second-order valence-electron chi connectivity index (χ2n) is 5.10. The SMILES string of the molecule is CSCC(C)(O)CNC(C)COc1ccc(F)c(F)c1. The molecule has 0 spiro atoms. The summed E-state index contributed by atoms with van der Waals surface area (Å²) in [6.45, 7) is 4.41. The van der Waals surface area contributed by atoms with E-state index in [0.29, 0.717) is 18.9 Å². The first kappa shape index (κ1) is 17.2. The van der Waals surface area contributed by atoms with E-state index in [0.717, 1.165) is 12.1 Å². The molecule has 1 aromatic carbocycles. The summed E-state index contributed by atoms with van der Waals surface area (Å²) in [6, 6.07) is 3.42. The molecule has 20 heavy (non-hydrogen) atoms. The van der Waals surface area contributed by atoms with Crippen molar-refractivity contribution in [2.24, 2.45) is 0 Å². The molecule has 114 valence electrons. The third-order valence-corrected chi connectivity index (χ3v) is 3.59. The third-order valence-electron chi connectivity index (χ3n) is 2.68. The van der Waals surface area contributed by atoms with Crippen LogP contribution in [0, 0.1) is 11.6 Å². The first-order valence-electron chi connectivity index (χ1n) is 6.36. The first-order chi connectivity index (χ1) is 9.34. The third kappa shape index (κ3) is 6.07. The topological polar surface area (TPSA) is 41.5 Å². The van der Waals surface area contributed by atoms with Crippen molar-refractivity contribution in [3.63, 3.8) is 0 Å². The molecule has 2 N–H and O–H groups in total. The molecule has 1 rings (SSSR count). The maximum atomic E-state index is 13.0. The highest BCUT2D eigenvalue weighted by Crippen LogP contribution is 2.15. The van der Waals surface area contributed by atoms with Crippen LogP contribution in [0.2, 0.25) is 0 Å². The number of hydrogen-bond acceptors (Lipinski definition) is 4. The van der Waals surface area contributed by atoms with Gasteiger partial charge in [-0.2, -0.15) is 11.8 Å². The number of aliphatic hydroxyl groups is 1. The molecule has 0 radical (unpaired) electrons. The molecule has 0 saturated heterocycles. The molecular weight excluding hydrogens is 284 g/mol. The van der Waals surface area contributed by atoms with Crippen LogP contribution in [0.1, 0.15) is 13.8 Å². The van der Waals surface area contributed by atoms with E-state index in [-0.39, 0.29) is 11.8 Å². The van der Waals surface area contributed by atoms with Crippen LogP contribution in [0.4, 0.5) is 8.78 Å². The summed E-state index contributed by atoms with van der Waals surface area (Å²) in [5.41, 5.74) is -0.782. The van der Waals surface area contributed by atoms with Crippen LogP contribution in [0.25, 0.3) is 0 Å². The Morgan fingerprint density at radius 2 is 2.10 bits per heavy atom. The number of ether oxygens (including phenoxy) is 1. The van der Waals surface area contributed by atoms with Crippen LogP contribution in [0.15, 0.2) is 18.2 Å². The number of benzene rings is 1. The molecule has 0 fully saturated rings. The van der Waals surface area contributed by atoms with Crippen molar-refractivity contribution in [2.45, 2.75) is 25.5 Å². The average molecular weight is 305 g/mol. The fraction of sp³-hybridized carbons (Fsp3) is 0.571.